The molecule has 4 nitrogen and oxygen atoms in total. The van der Waals surface area contributed by atoms with Crippen molar-refractivity contribution in [1.82, 2.24) is 9.97 Å². The summed E-state index contributed by atoms with van der Waals surface area (Å²) >= 11 is 0. The number of pyridine rings is 2. The van der Waals surface area contributed by atoms with Crippen molar-refractivity contribution in [2.45, 2.75) is 50.1 Å². The Balaban J connectivity index is 1.26. The standard InChI is InChI=1S/C27H28F3N3O/c1-34-24-16-20(5-13-32-24)19-3-2-4-22(15-19)33-18-25-7-10-26(11-8-25,12-9-25)23-17-21(6-14-31-23)27(28,29)30/h2-6,13-17,33H,7-12,18H2,1H3. The molecule has 34 heavy (non-hydrogen) atoms. The maximum absolute atomic E-state index is 13.2. The number of nitrogens with one attached hydrogen (secondary N) is 1. The highest BCUT2D eigenvalue weighted by Crippen LogP contribution is 2.57. The third-order valence-electron chi connectivity index (χ3n) is 7.84. The third kappa shape index (κ3) is 4.36. The highest BCUT2D eigenvalue weighted by atomic mass is 19.4. The van der Waals surface area contributed by atoms with Crippen LogP contribution in [0, 0.1) is 5.41 Å². The van der Waals surface area contributed by atoms with E-state index in [-0.39, 0.29) is 10.8 Å². The number of aromatic nitrogens is 2. The zero-order chi connectivity index (χ0) is 23.8. The lowest BCUT2D eigenvalue weighted by molar-refractivity contribution is -0.137. The zero-order valence-electron chi connectivity index (χ0n) is 19.2. The third-order valence-corrected chi connectivity index (χ3v) is 7.84. The first-order valence-electron chi connectivity index (χ1n) is 11.7. The fourth-order valence-electron chi connectivity index (χ4n) is 5.61. The van der Waals surface area contributed by atoms with Crippen molar-refractivity contribution >= 4 is 5.69 Å². The van der Waals surface area contributed by atoms with E-state index in [0.717, 1.165) is 68.0 Å². The van der Waals surface area contributed by atoms with Gasteiger partial charge in [0.1, 0.15) is 0 Å². The van der Waals surface area contributed by atoms with Gasteiger partial charge in [0.25, 0.3) is 0 Å². The molecule has 1 aromatic carbocycles. The van der Waals surface area contributed by atoms with Crippen molar-refractivity contribution in [2.24, 2.45) is 5.41 Å². The van der Waals surface area contributed by atoms with Crippen molar-refractivity contribution < 1.29 is 17.9 Å². The highest BCUT2D eigenvalue weighted by Gasteiger charge is 2.50. The molecule has 3 aliphatic carbocycles. The summed E-state index contributed by atoms with van der Waals surface area (Å²) in [6.07, 6.45) is 4.39. The molecule has 2 bridgehead atoms. The largest absolute Gasteiger partial charge is 0.481 e. The number of hydrogen-bond acceptors (Lipinski definition) is 4. The lowest BCUT2D eigenvalue weighted by Gasteiger charge is -2.53. The molecule has 3 aliphatic rings. The number of halogens is 3. The van der Waals surface area contributed by atoms with Gasteiger partial charge in [0.2, 0.25) is 5.88 Å². The van der Waals surface area contributed by atoms with Gasteiger partial charge in [-0.05, 0) is 85.4 Å². The first kappa shape index (κ1) is 22.7. The molecule has 0 atom stereocenters. The molecular weight excluding hydrogens is 439 g/mol. The second-order valence-electron chi connectivity index (χ2n) is 9.73. The first-order chi connectivity index (χ1) is 16.3. The summed E-state index contributed by atoms with van der Waals surface area (Å²) in [6.45, 7) is 0.863. The van der Waals surface area contributed by atoms with Crippen molar-refractivity contribution in [2.75, 3.05) is 19.0 Å². The monoisotopic (exact) mass is 467 g/mol. The minimum Gasteiger partial charge on any atom is -0.481 e. The van der Waals surface area contributed by atoms with Gasteiger partial charge < -0.3 is 10.1 Å². The molecule has 3 fully saturated rings. The smallest absolute Gasteiger partial charge is 0.416 e. The molecule has 3 aromatic rings. The Labute approximate surface area is 197 Å². The van der Waals surface area contributed by atoms with Crippen LogP contribution in [-0.4, -0.2) is 23.6 Å². The number of benzene rings is 1. The number of hydrogen-bond donors (Lipinski definition) is 1. The van der Waals surface area contributed by atoms with E-state index in [1.165, 1.54) is 12.3 Å². The van der Waals surface area contributed by atoms with Gasteiger partial charge in [-0.1, -0.05) is 12.1 Å². The maximum Gasteiger partial charge on any atom is 0.416 e. The van der Waals surface area contributed by atoms with Crippen LogP contribution in [0.5, 0.6) is 5.88 Å². The number of rotatable bonds is 6. The first-order valence-corrected chi connectivity index (χ1v) is 11.7. The van der Waals surface area contributed by atoms with Crippen LogP contribution in [-0.2, 0) is 11.6 Å². The predicted octanol–water partition coefficient (Wildman–Crippen LogP) is 6.88. The molecule has 6 rings (SSSR count). The van der Waals surface area contributed by atoms with Gasteiger partial charge in [0.15, 0.2) is 0 Å². The molecule has 0 spiro atoms. The Morgan fingerprint density at radius 2 is 1.59 bits per heavy atom. The molecule has 0 aliphatic heterocycles. The Kier molecular flexibility index (Phi) is 5.74. The Hall–Kier alpha value is -3.09. The number of methoxy groups -OCH3 is 1. The fraction of sp³-hybridized carbons (Fsp3) is 0.407. The summed E-state index contributed by atoms with van der Waals surface area (Å²) in [5.41, 5.74) is 3.17. The Morgan fingerprint density at radius 3 is 2.29 bits per heavy atom. The van der Waals surface area contributed by atoms with E-state index in [0.29, 0.717) is 11.6 Å². The van der Waals surface area contributed by atoms with Gasteiger partial charge in [-0.2, -0.15) is 13.2 Å². The van der Waals surface area contributed by atoms with Gasteiger partial charge in [0, 0.05) is 41.8 Å². The Bertz CT molecular complexity index is 1150. The van der Waals surface area contributed by atoms with Crippen LogP contribution >= 0.6 is 0 Å². The lowest BCUT2D eigenvalue weighted by Crippen LogP contribution is -2.47. The van der Waals surface area contributed by atoms with Gasteiger partial charge in [-0.3, -0.25) is 4.98 Å². The summed E-state index contributed by atoms with van der Waals surface area (Å²) in [7, 11) is 1.61. The van der Waals surface area contributed by atoms with E-state index < -0.39 is 11.7 Å². The van der Waals surface area contributed by atoms with Crippen molar-refractivity contribution in [3.05, 3.63) is 72.2 Å². The number of fused-ring (bicyclic) bond motifs is 3. The van der Waals surface area contributed by atoms with E-state index in [4.69, 9.17) is 4.74 Å². The maximum atomic E-state index is 13.2. The van der Waals surface area contributed by atoms with Crippen LogP contribution < -0.4 is 10.1 Å². The average Bonchev–Trinajstić information content (AvgIpc) is 2.88. The van der Waals surface area contributed by atoms with Crippen molar-refractivity contribution in [1.29, 1.82) is 0 Å². The molecule has 0 radical (unpaired) electrons. The quantitative estimate of drug-likeness (QED) is 0.430. The molecule has 0 unspecified atom stereocenters. The number of alkyl halides is 3. The number of anilines is 1. The van der Waals surface area contributed by atoms with E-state index in [1.54, 1.807) is 13.3 Å². The highest BCUT2D eigenvalue weighted by molar-refractivity contribution is 5.68. The summed E-state index contributed by atoms with van der Waals surface area (Å²) < 4.78 is 44.9. The van der Waals surface area contributed by atoms with E-state index in [1.807, 2.05) is 18.2 Å². The molecule has 0 amide bonds. The molecule has 0 saturated heterocycles. The zero-order valence-corrected chi connectivity index (χ0v) is 19.2. The van der Waals surface area contributed by atoms with Crippen molar-refractivity contribution in [3.63, 3.8) is 0 Å². The summed E-state index contributed by atoms with van der Waals surface area (Å²) in [5.74, 6) is 0.581. The van der Waals surface area contributed by atoms with Gasteiger partial charge >= 0.3 is 6.18 Å². The van der Waals surface area contributed by atoms with E-state index in [9.17, 15) is 13.2 Å². The van der Waals surface area contributed by atoms with Crippen LogP contribution in [0.3, 0.4) is 0 Å². The van der Waals surface area contributed by atoms with Gasteiger partial charge in [-0.25, -0.2) is 4.98 Å². The van der Waals surface area contributed by atoms with E-state index in [2.05, 4.69) is 33.5 Å². The van der Waals surface area contributed by atoms with Crippen LogP contribution in [0.25, 0.3) is 11.1 Å². The van der Waals surface area contributed by atoms with Crippen LogP contribution in [0.15, 0.2) is 60.9 Å². The average molecular weight is 468 g/mol. The molecule has 178 valence electrons. The second-order valence-corrected chi connectivity index (χ2v) is 9.73. The topological polar surface area (TPSA) is 47.0 Å². The second kappa shape index (κ2) is 8.60. The van der Waals surface area contributed by atoms with Gasteiger partial charge in [-0.15, -0.1) is 0 Å². The van der Waals surface area contributed by atoms with Crippen LogP contribution in [0.2, 0.25) is 0 Å². The minimum absolute atomic E-state index is 0.180. The number of ether oxygens (including phenoxy) is 1. The predicted molar refractivity (Wildman–Crippen MR) is 126 cm³/mol. The molecule has 1 N–H and O–H groups in total. The van der Waals surface area contributed by atoms with Crippen LogP contribution in [0.1, 0.15) is 49.8 Å². The Morgan fingerprint density at radius 1 is 0.882 bits per heavy atom. The molecule has 3 saturated carbocycles. The normalized spacial score (nSPS) is 24.1. The minimum atomic E-state index is -4.33. The van der Waals surface area contributed by atoms with Crippen LogP contribution in [0.4, 0.5) is 18.9 Å². The molecular formula is C27H28F3N3O. The summed E-state index contributed by atoms with van der Waals surface area (Å²) in [4.78, 5) is 8.56. The summed E-state index contributed by atoms with van der Waals surface area (Å²) in [5, 5.41) is 3.64. The summed E-state index contributed by atoms with van der Waals surface area (Å²) in [6, 6.07) is 14.5. The van der Waals surface area contributed by atoms with Crippen molar-refractivity contribution in [3.8, 4) is 17.0 Å². The SMILES string of the molecule is COc1cc(-c2cccc(NCC34CCC(c5cc(C(F)(F)F)ccn5)(CC3)CC4)c2)ccn1. The molecule has 2 aromatic heterocycles. The van der Waals surface area contributed by atoms with E-state index >= 15 is 0 Å². The lowest BCUT2D eigenvalue weighted by atomic mass is 9.52. The number of nitrogens with zero attached hydrogens (tertiary/aromatic N) is 2. The molecule has 7 heteroatoms. The fourth-order valence-corrected chi connectivity index (χ4v) is 5.61. The molecule has 2 heterocycles. The van der Waals surface area contributed by atoms with Gasteiger partial charge in [0.05, 0.1) is 12.7 Å².